The van der Waals surface area contributed by atoms with E-state index in [0.717, 1.165) is 22.6 Å². The Balaban J connectivity index is 1.49. The van der Waals surface area contributed by atoms with E-state index in [2.05, 4.69) is 14.7 Å². The molecule has 0 aliphatic heterocycles. The Morgan fingerprint density at radius 1 is 1.23 bits per heavy atom. The van der Waals surface area contributed by atoms with Gasteiger partial charge in [-0.25, -0.2) is 9.37 Å². The van der Waals surface area contributed by atoms with Crippen molar-refractivity contribution in [2.75, 3.05) is 20.1 Å². The summed E-state index contributed by atoms with van der Waals surface area (Å²) in [5, 5.41) is 2.91. The summed E-state index contributed by atoms with van der Waals surface area (Å²) >= 11 is 0. The highest BCUT2D eigenvalue weighted by Gasteiger charge is 2.12. The van der Waals surface area contributed by atoms with Gasteiger partial charge < -0.3 is 9.72 Å². The molecule has 5 nitrogen and oxygen atoms in total. The van der Waals surface area contributed by atoms with Gasteiger partial charge in [-0.05, 0) is 50.2 Å². The predicted molar refractivity (Wildman–Crippen MR) is 99.4 cm³/mol. The Kier molecular flexibility index (Phi) is 5.63. The van der Waals surface area contributed by atoms with Crippen molar-refractivity contribution in [2.45, 2.75) is 19.9 Å². The topological polar surface area (TPSA) is 49.6 Å². The van der Waals surface area contributed by atoms with Crippen LogP contribution in [-0.2, 0) is 17.8 Å². The van der Waals surface area contributed by atoms with Crippen LogP contribution in [0.1, 0.15) is 17.0 Å². The maximum absolute atomic E-state index is 12.9. The quantitative estimate of drug-likeness (QED) is 0.709. The minimum atomic E-state index is -0.248. The molecule has 0 atom stereocenters. The summed E-state index contributed by atoms with van der Waals surface area (Å²) in [7, 11) is 1.92. The third kappa shape index (κ3) is 4.46. The average molecular weight is 354 g/mol. The molecule has 0 fully saturated rings. The van der Waals surface area contributed by atoms with Gasteiger partial charge in [-0.1, -0.05) is 18.2 Å². The van der Waals surface area contributed by atoms with E-state index in [1.54, 1.807) is 12.1 Å². The smallest absolute Gasteiger partial charge is 0.234 e. The molecule has 6 heteroatoms. The number of pyridine rings is 1. The fourth-order valence-electron chi connectivity index (χ4n) is 2.96. The molecule has 0 saturated carbocycles. The summed E-state index contributed by atoms with van der Waals surface area (Å²) in [6.07, 6.45) is 2.67. The minimum Gasteiger partial charge on any atom is -0.355 e. The summed E-state index contributed by atoms with van der Waals surface area (Å²) in [4.78, 5) is 18.7. The minimum absolute atomic E-state index is 0.0268. The number of benzene rings is 1. The lowest BCUT2D eigenvalue weighted by atomic mass is 10.1. The average Bonchev–Trinajstić information content (AvgIpc) is 2.92. The SMILES string of the molecule is Cc1nc2ccccn2c1CN(C)CC(=O)NCCc1ccc(F)cc1. The largest absolute Gasteiger partial charge is 0.355 e. The van der Waals surface area contributed by atoms with Gasteiger partial charge in [0.2, 0.25) is 5.91 Å². The molecule has 136 valence electrons. The second kappa shape index (κ2) is 8.10. The second-order valence-corrected chi connectivity index (χ2v) is 6.47. The van der Waals surface area contributed by atoms with Gasteiger partial charge >= 0.3 is 0 Å². The summed E-state index contributed by atoms with van der Waals surface area (Å²) in [6, 6.07) is 12.2. The number of amides is 1. The first kappa shape index (κ1) is 18.1. The van der Waals surface area contributed by atoms with Crippen LogP contribution in [0, 0.1) is 12.7 Å². The first-order chi connectivity index (χ1) is 12.5. The Labute approximate surface area is 152 Å². The molecule has 0 aliphatic rings. The number of likely N-dealkylation sites (N-methyl/N-ethyl adjacent to an activating group) is 1. The van der Waals surface area contributed by atoms with E-state index in [9.17, 15) is 9.18 Å². The molecule has 26 heavy (non-hydrogen) atoms. The van der Waals surface area contributed by atoms with Crippen LogP contribution < -0.4 is 5.32 Å². The second-order valence-electron chi connectivity index (χ2n) is 6.47. The number of nitrogens with one attached hydrogen (secondary N) is 1. The number of imidazole rings is 1. The van der Waals surface area contributed by atoms with E-state index in [-0.39, 0.29) is 11.7 Å². The first-order valence-corrected chi connectivity index (χ1v) is 8.65. The van der Waals surface area contributed by atoms with E-state index in [4.69, 9.17) is 0 Å². The van der Waals surface area contributed by atoms with Crippen molar-refractivity contribution in [2.24, 2.45) is 0 Å². The van der Waals surface area contributed by atoms with E-state index >= 15 is 0 Å². The summed E-state index contributed by atoms with van der Waals surface area (Å²) in [5.74, 6) is -0.275. The predicted octanol–water partition coefficient (Wildman–Crippen LogP) is 2.57. The number of fused-ring (bicyclic) bond motifs is 1. The molecule has 1 aromatic carbocycles. The highest BCUT2D eigenvalue weighted by atomic mass is 19.1. The summed E-state index contributed by atoms with van der Waals surface area (Å²) in [6.45, 7) is 3.47. The van der Waals surface area contributed by atoms with Gasteiger partial charge in [-0.15, -0.1) is 0 Å². The number of aromatic nitrogens is 2. The lowest BCUT2D eigenvalue weighted by molar-refractivity contribution is -0.122. The molecular formula is C20H23FN4O. The Morgan fingerprint density at radius 2 is 2.00 bits per heavy atom. The Morgan fingerprint density at radius 3 is 2.77 bits per heavy atom. The van der Waals surface area contributed by atoms with Gasteiger partial charge in [0.15, 0.2) is 0 Å². The van der Waals surface area contributed by atoms with Gasteiger partial charge in [-0.2, -0.15) is 0 Å². The fourth-order valence-corrected chi connectivity index (χ4v) is 2.96. The Bertz CT molecular complexity index is 888. The Hall–Kier alpha value is -2.73. The molecule has 0 saturated heterocycles. The normalized spacial score (nSPS) is 11.2. The zero-order valence-electron chi connectivity index (χ0n) is 15.1. The fraction of sp³-hybridized carbons (Fsp3) is 0.300. The van der Waals surface area contributed by atoms with Crippen LogP contribution in [0.3, 0.4) is 0 Å². The lowest BCUT2D eigenvalue weighted by Gasteiger charge is -2.16. The number of aryl methyl sites for hydroxylation is 1. The van der Waals surface area contributed by atoms with E-state index < -0.39 is 0 Å². The van der Waals surface area contributed by atoms with E-state index in [1.807, 2.05) is 43.3 Å². The van der Waals surface area contributed by atoms with Crippen molar-refractivity contribution in [3.8, 4) is 0 Å². The first-order valence-electron chi connectivity index (χ1n) is 8.65. The van der Waals surface area contributed by atoms with Gasteiger partial charge in [0.05, 0.1) is 17.9 Å². The molecule has 0 radical (unpaired) electrons. The molecule has 0 bridgehead atoms. The lowest BCUT2D eigenvalue weighted by Crippen LogP contribution is -2.36. The third-order valence-corrected chi connectivity index (χ3v) is 4.31. The molecule has 3 rings (SSSR count). The van der Waals surface area contributed by atoms with Gasteiger partial charge in [-0.3, -0.25) is 9.69 Å². The monoisotopic (exact) mass is 354 g/mol. The zero-order valence-corrected chi connectivity index (χ0v) is 15.1. The summed E-state index contributed by atoms with van der Waals surface area (Å²) in [5.41, 5.74) is 3.97. The molecular weight excluding hydrogens is 331 g/mol. The molecule has 3 aromatic rings. The molecule has 1 amide bonds. The van der Waals surface area contributed by atoms with Gasteiger partial charge in [0, 0.05) is 19.3 Å². The molecule has 0 spiro atoms. The number of hydrogen-bond donors (Lipinski definition) is 1. The van der Waals surface area contributed by atoms with Gasteiger partial charge in [0.1, 0.15) is 11.5 Å². The van der Waals surface area contributed by atoms with Crippen molar-refractivity contribution in [1.29, 1.82) is 0 Å². The number of halogens is 1. The van der Waals surface area contributed by atoms with Crippen LogP contribution >= 0.6 is 0 Å². The third-order valence-electron chi connectivity index (χ3n) is 4.31. The maximum atomic E-state index is 12.9. The highest BCUT2D eigenvalue weighted by molar-refractivity contribution is 5.77. The number of rotatable bonds is 7. The highest BCUT2D eigenvalue weighted by Crippen LogP contribution is 2.13. The number of carbonyl (C=O) groups is 1. The van der Waals surface area contributed by atoms with Crippen LogP contribution in [0.2, 0.25) is 0 Å². The van der Waals surface area contributed by atoms with E-state index in [0.29, 0.717) is 26.1 Å². The number of carbonyl (C=O) groups excluding carboxylic acids is 1. The van der Waals surface area contributed by atoms with Crippen LogP contribution in [0.15, 0.2) is 48.7 Å². The van der Waals surface area contributed by atoms with E-state index in [1.165, 1.54) is 12.1 Å². The molecule has 0 aliphatic carbocycles. The van der Waals surface area contributed by atoms with Crippen molar-refractivity contribution in [1.82, 2.24) is 19.6 Å². The maximum Gasteiger partial charge on any atom is 0.234 e. The van der Waals surface area contributed by atoms with Crippen LogP contribution in [0.4, 0.5) is 4.39 Å². The van der Waals surface area contributed by atoms with Crippen molar-refractivity contribution >= 4 is 11.6 Å². The molecule has 2 heterocycles. The van der Waals surface area contributed by atoms with Crippen molar-refractivity contribution < 1.29 is 9.18 Å². The number of hydrogen-bond acceptors (Lipinski definition) is 3. The molecule has 1 N–H and O–H groups in total. The summed E-state index contributed by atoms with van der Waals surface area (Å²) < 4.78 is 14.9. The van der Waals surface area contributed by atoms with Crippen molar-refractivity contribution in [3.63, 3.8) is 0 Å². The molecule has 2 aromatic heterocycles. The van der Waals surface area contributed by atoms with Gasteiger partial charge in [0.25, 0.3) is 0 Å². The zero-order chi connectivity index (χ0) is 18.5. The van der Waals surface area contributed by atoms with Crippen LogP contribution in [0.25, 0.3) is 5.65 Å². The number of nitrogens with zero attached hydrogens (tertiary/aromatic N) is 3. The standard InChI is InChI=1S/C20H23FN4O/c1-15-18(25-12-4-3-5-19(25)23-15)13-24(2)14-20(26)22-11-10-16-6-8-17(21)9-7-16/h3-9,12H,10-11,13-14H2,1-2H3,(H,22,26). The van der Waals surface area contributed by atoms with Crippen molar-refractivity contribution in [3.05, 3.63) is 71.4 Å². The van der Waals surface area contributed by atoms with Crippen LogP contribution in [-0.4, -0.2) is 40.3 Å². The van der Waals surface area contributed by atoms with Crippen LogP contribution in [0.5, 0.6) is 0 Å². The molecule has 0 unspecified atom stereocenters.